The van der Waals surface area contributed by atoms with Crippen LogP contribution in [-0.4, -0.2) is 43.2 Å². The van der Waals surface area contributed by atoms with Crippen molar-refractivity contribution >= 4 is 38.0 Å². The number of rotatable bonds is 7. The second-order valence-electron chi connectivity index (χ2n) is 11.2. The second kappa shape index (κ2) is 10.9. The SMILES string of the molecule is CCCN(CC(=O)N1CCc2sccc2[C@@H]1c1ccc(C(C)(C)C)cc1)S(=O)(=O)c1cccc2ccccc12. The largest absolute Gasteiger partial charge is 0.330 e. The van der Waals surface area contributed by atoms with Gasteiger partial charge in [0.1, 0.15) is 0 Å². The van der Waals surface area contributed by atoms with Crippen molar-refractivity contribution in [2.45, 2.75) is 56.9 Å². The lowest BCUT2D eigenvalue weighted by atomic mass is 9.85. The van der Waals surface area contributed by atoms with Gasteiger partial charge in [-0.2, -0.15) is 4.31 Å². The highest BCUT2D eigenvalue weighted by atomic mass is 32.2. The predicted molar refractivity (Wildman–Crippen MR) is 160 cm³/mol. The molecule has 4 aromatic rings. The van der Waals surface area contributed by atoms with Crippen molar-refractivity contribution in [3.8, 4) is 0 Å². The van der Waals surface area contributed by atoms with Crippen LogP contribution in [-0.2, 0) is 26.7 Å². The summed E-state index contributed by atoms with van der Waals surface area (Å²) in [5, 5.41) is 3.62. The van der Waals surface area contributed by atoms with E-state index < -0.39 is 10.0 Å². The van der Waals surface area contributed by atoms with Gasteiger partial charge < -0.3 is 4.90 Å². The number of amides is 1. The average molecular weight is 561 g/mol. The van der Waals surface area contributed by atoms with Gasteiger partial charge in [0.2, 0.25) is 15.9 Å². The first-order valence-electron chi connectivity index (χ1n) is 13.6. The van der Waals surface area contributed by atoms with Crippen molar-refractivity contribution in [1.82, 2.24) is 9.21 Å². The minimum Gasteiger partial charge on any atom is -0.330 e. The summed E-state index contributed by atoms with van der Waals surface area (Å²) in [5.41, 5.74) is 3.46. The van der Waals surface area contributed by atoms with E-state index in [1.54, 1.807) is 23.5 Å². The van der Waals surface area contributed by atoms with Crippen LogP contribution in [0.4, 0.5) is 0 Å². The Kier molecular flexibility index (Phi) is 7.68. The molecule has 5 nitrogen and oxygen atoms in total. The van der Waals surface area contributed by atoms with Crippen molar-refractivity contribution in [1.29, 1.82) is 0 Å². The number of hydrogen-bond acceptors (Lipinski definition) is 4. The van der Waals surface area contributed by atoms with Crippen molar-refractivity contribution in [2.24, 2.45) is 0 Å². The van der Waals surface area contributed by atoms with E-state index in [4.69, 9.17) is 0 Å². The quantitative estimate of drug-likeness (QED) is 0.251. The van der Waals surface area contributed by atoms with Crippen LogP contribution in [0.2, 0.25) is 0 Å². The van der Waals surface area contributed by atoms with E-state index in [2.05, 4.69) is 56.5 Å². The fourth-order valence-corrected chi connectivity index (χ4v) is 8.04. The lowest BCUT2D eigenvalue weighted by Crippen LogP contribution is -2.47. The summed E-state index contributed by atoms with van der Waals surface area (Å²) in [4.78, 5) is 17.4. The maximum atomic E-state index is 14.0. The van der Waals surface area contributed by atoms with Crippen LogP contribution >= 0.6 is 11.3 Å². The number of hydrogen-bond donors (Lipinski definition) is 0. The van der Waals surface area contributed by atoms with Crippen LogP contribution in [0.5, 0.6) is 0 Å². The zero-order valence-corrected chi connectivity index (χ0v) is 24.7. The zero-order valence-electron chi connectivity index (χ0n) is 23.1. The molecule has 5 rings (SSSR count). The molecule has 1 aliphatic heterocycles. The van der Waals surface area contributed by atoms with E-state index in [1.807, 2.05) is 42.2 Å². The maximum Gasteiger partial charge on any atom is 0.244 e. The van der Waals surface area contributed by atoms with Gasteiger partial charge in [-0.05, 0) is 57.8 Å². The summed E-state index contributed by atoms with van der Waals surface area (Å²) in [5.74, 6) is -0.172. The molecule has 39 heavy (non-hydrogen) atoms. The minimum absolute atomic E-state index is 0.0325. The van der Waals surface area contributed by atoms with E-state index in [0.717, 1.165) is 22.9 Å². The predicted octanol–water partition coefficient (Wildman–Crippen LogP) is 6.77. The molecule has 1 amide bonds. The van der Waals surface area contributed by atoms with Gasteiger partial charge in [0.25, 0.3) is 0 Å². The molecule has 0 saturated carbocycles. The lowest BCUT2D eigenvalue weighted by Gasteiger charge is -2.37. The summed E-state index contributed by atoms with van der Waals surface area (Å²) in [6.45, 7) is 9.16. The van der Waals surface area contributed by atoms with Crippen LogP contribution in [0.1, 0.15) is 61.7 Å². The third-order valence-corrected chi connectivity index (χ3v) is 10.4. The van der Waals surface area contributed by atoms with Crippen molar-refractivity contribution in [2.75, 3.05) is 19.6 Å². The molecule has 0 radical (unpaired) electrons. The van der Waals surface area contributed by atoms with Gasteiger partial charge in [-0.3, -0.25) is 4.79 Å². The molecule has 7 heteroatoms. The normalized spacial score (nSPS) is 16.0. The van der Waals surface area contributed by atoms with Gasteiger partial charge in [-0.1, -0.05) is 88.4 Å². The highest BCUT2D eigenvalue weighted by Gasteiger charge is 2.36. The smallest absolute Gasteiger partial charge is 0.244 e. The van der Waals surface area contributed by atoms with Crippen molar-refractivity contribution in [3.63, 3.8) is 0 Å². The van der Waals surface area contributed by atoms with Crippen molar-refractivity contribution in [3.05, 3.63) is 99.7 Å². The Hall–Kier alpha value is -3.00. The molecule has 0 unspecified atom stereocenters. The molecule has 1 aromatic heterocycles. The molecule has 0 bridgehead atoms. The van der Waals surface area contributed by atoms with E-state index in [-0.39, 0.29) is 35.3 Å². The first-order chi connectivity index (χ1) is 18.6. The fraction of sp³-hybridized carbons (Fsp3) is 0.344. The van der Waals surface area contributed by atoms with Crippen molar-refractivity contribution < 1.29 is 13.2 Å². The average Bonchev–Trinajstić information content (AvgIpc) is 3.40. The van der Waals surface area contributed by atoms with Crippen LogP contribution in [0.3, 0.4) is 0 Å². The zero-order chi connectivity index (χ0) is 27.8. The molecule has 0 saturated heterocycles. The molecule has 0 fully saturated rings. The molecular weight excluding hydrogens is 524 g/mol. The Balaban J connectivity index is 1.48. The van der Waals surface area contributed by atoms with Crippen LogP contribution in [0.15, 0.2) is 83.1 Å². The molecule has 0 aliphatic carbocycles. The molecule has 2 heterocycles. The summed E-state index contributed by atoms with van der Waals surface area (Å²) < 4.78 is 29.3. The number of nitrogens with zero attached hydrogens (tertiary/aromatic N) is 2. The monoisotopic (exact) mass is 560 g/mol. The number of carbonyl (C=O) groups excluding carboxylic acids is 1. The Morgan fingerprint density at radius 1 is 1.00 bits per heavy atom. The molecule has 3 aromatic carbocycles. The number of carbonyl (C=O) groups is 1. The van der Waals surface area contributed by atoms with E-state index >= 15 is 0 Å². The number of sulfonamides is 1. The first kappa shape index (κ1) is 27.6. The van der Waals surface area contributed by atoms with Gasteiger partial charge in [-0.25, -0.2) is 8.42 Å². The molecule has 1 atom stereocenters. The molecular formula is C32H36N2O3S2. The highest BCUT2D eigenvalue weighted by Crippen LogP contribution is 2.39. The highest BCUT2D eigenvalue weighted by molar-refractivity contribution is 7.89. The molecule has 1 aliphatic rings. The molecule has 0 N–H and O–H groups in total. The Bertz CT molecular complexity index is 1580. The fourth-order valence-electron chi connectivity index (χ4n) is 5.44. The summed E-state index contributed by atoms with van der Waals surface area (Å²) >= 11 is 1.73. The van der Waals surface area contributed by atoms with Crippen LogP contribution in [0.25, 0.3) is 10.8 Å². The topological polar surface area (TPSA) is 57.7 Å². The number of thiophene rings is 1. The maximum absolute atomic E-state index is 14.0. The minimum atomic E-state index is -3.89. The van der Waals surface area contributed by atoms with Gasteiger partial charge in [0, 0.05) is 23.4 Å². The van der Waals surface area contributed by atoms with E-state index in [9.17, 15) is 13.2 Å². The van der Waals surface area contributed by atoms with E-state index in [1.165, 1.54) is 14.7 Å². The summed E-state index contributed by atoms with van der Waals surface area (Å²) in [7, 11) is -3.89. The Morgan fingerprint density at radius 3 is 2.44 bits per heavy atom. The Labute approximate surface area is 236 Å². The van der Waals surface area contributed by atoms with Gasteiger partial charge in [0.05, 0.1) is 17.5 Å². The first-order valence-corrected chi connectivity index (χ1v) is 15.9. The van der Waals surface area contributed by atoms with Gasteiger partial charge in [0.15, 0.2) is 0 Å². The summed E-state index contributed by atoms with van der Waals surface area (Å²) in [6, 6.07) is 23.2. The lowest BCUT2D eigenvalue weighted by molar-refractivity contribution is -0.133. The second-order valence-corrected chi connectivity index (χ2v) is 14.1. The number of benzene rings is 3. The van der Waals surface area contributed by atoms with Crippen LogP contribution < -0.4 is 0 Å². The van der Waals surface area contributed by atoms with Crippen LogP contribution in [0, 0.1) is 0 Å². The summed E-state index contributed by atoms with van der Waals surface area (Å²) in [6.07, 6.45) is 1.39. The third kappa shape index (κ3) is 5.40. The molecule has 0 spiro atoms. The van der Waals surface area contributed by atoms with Gasteiger partial charge >= 0.3 is 0 Å². The van der Waals surface area contributed by atoms with E-state index in [0.29, 0.717) is 18.4 Å². The van der Waals surface area contributed by atoms with Gasteiger partial charge in [-0.15, -0.1) is 11.3 Å². The Morgan fingerprint density at radius 2 is 1.72 bits per heavy atom. The standard InChI is InChI=1S/C32H36N2O3S2/c1-5-19-33(39(36,37)29-12-8-10-23-9-6-7-11-26(23)29)22-30(35)34-20-17-28-27(18-21-38-28)31(34)24-13-15-25(16-14-24)32(2,3)4/h6-16,18,21,31H,5,17,19-20,22H2,1-4H3/t31-/m0/s1. The molecule has 204 valence electrons. The number of fused-ring (bicyclic) bond motifs is 2. The third-order valence-electron chi connectivity index (χ3n) is 7.53.